The fraction of sp³-hybridized carbons (Fsp3) is 0.250. The van der Waals surface area contributed by atoms with Crippen LogP contribution in [0.2, 0.25) is 0 Å². The standard InChI is InChI=1S/C28H28N2O5/c1-33-22-14-11-19(12-15-22)13-16-24-25(27(31)35-18-20-7-4-3-5-8-20)26(30-28(32)29-24)21-9-6-10-23(17-21)34-2/h3-12,14-15,17,25-26H,13,16,18H2,1-2H3,(H,30,32). The van der Waals surface area contributed by atoms with Crippen LogP contribution in [0.4, 0.5) is 4.79 Å². The van der Waals surface area contributed by atoms with Crippen LogP contribution < -0.4 is 14.8 Å². The fourth-order valence-corrected chi connectivity index (χ4v) is 4.12. The molecule has 180 valence electrons. The normalized spacial score (nSPS) is 17.2. The minimum absolute atomic E-state index is 0.140. The van der Waals surface area contributed by atoms with E-state index in [-0.39, 0.29) is 6.61 Å². The van der Waals surface area contributed by atoms with E-state index in [0.29, 0.717) is 24.3 Å². The summed E-state index contributed by atoms with van der Waals surface area (Å²) in [5.41, 5.74) is 3.18. The lowest BCUT2D eigenvalue weighted by atomic mass is 9.85. The van der Waals surface area contributed by atoms with Crippen molar-refractivity contribution in [3.8, 4) is 11.5 Å². The zero-order chi connectivity index (χ0) is 24.6. The highest BCUT2D eigenvalue weighted by atomic mass is 16.5. The summed E-state index contributed by atoms with van der Waals surface area (Å²) in [4.78, 5) is 30.2. The van der Waals surface area contributed by atoms with Crippen LogP contribution in [0.5, 0.6) is 11.5 Å². The summed E-state index contributed by atoms with van der Waals surface area (Å²) in [7, 11) is 3.20. The Morgan fingerprint density at radius 2 is 1.60 bits per heavy atom. The Morgan fingerprint density at radius 1 is 0.857 bits per heavy atom. The predicted molar refractivity (Wildman–Crippen MR) is 133 cm³/mol. The van der Waals surface area contributed by atoms with E-state index in [4.69, 9.17) is 14.2 Å². The van der Waals surface area contributed by atoms with E-state index in [1.165, 1.54) is 0 Å². The van der Waals surface area contributed by atoms with E-state index < -0.39 is 24.0 Å². The summed E-state index contributed by atoms with van der Waals surface area (Å²) < 4.78 is 16.3. The average molecular weight is 473 g/mol. The van der Waals surface area contributed by atoms with Crippen LogP contribution in [-0.2, 0) is 22.6 Å². The second-order valence-electron chi connectivity index (χ2n) is 8.23. The third kappa shape index (κ3) is 6.06. The highest BCUT2D eigenvalue weighted by Crippen LogP contribution is 2.32. The lowest BCUT2D eigenvalue weighted by Gasteiger charge is -2.31. The maximum absolute atomic E-state index is 13.4. The van der Waals surface area contributed by atoms with Gasteiger partial charge in [-0.2, -0.15) is 0 Å². The molecule has 4 rings (SSSR count). The molecule has 0 radical (unpaired) electrons. The first-order valence-corrected chi connectivity index (χ1v) is 11.4. The molecule has 2 atom stereocenters. The zero-order valence-corrected chi connectivity index (χ0v) is 19.8. The lowest BCUT2D eigenvalue weighted by molar-refractivity contribution is -0.148. The highest BCUT2D eigenvalue weighted by Gasteiger charge is 2.39. The van der Waals surface area contributed by atoms with E-state index in [1.807, 2.05) is 78.9 Å². The largest absolute Gasteiger partial charge is 0.497 e. The molecule has 1 heterocycles. The number of carbonyl (C=O) groups excluding carboxylic acids is 2. The van der Waals surface area contributed by atoms with E-state index in [1.54, 1.807) is 14.2 Å². The molecule has 35 heavy (non-hydrogen) atoms. The number of hydrogen-bond acceptors (Lipinski definition) is 5. The average Bonchev–Trinajstić information content (AvgIpc) is 2.91. The Kier molecular flexibility index (Phi) is 7.77. The smallest absolute Gasteiger partial charge is 0.341 e. The highest BCUT2D eigenvalue weighted by molar-refractivity contribution is 6.09. The van der Waals surface area contributed by atoms with Crippen molar-refractivity contribution in [1.82, 2.24) is 5.32 Å². The number of rotatable bonds is 9. The number of ether oxygens (including phenoxy) is 3. The van der Waals surface area contributed by atoms with Crippen LogP contribution >= 0.6 is 0 Å². The number of nitrogens with one attached hydrogen (secondary N) is 1. The zero-order valence-electron chi connectivity index (χ0n) is 19.8. The fourth-order valence-electron chi connectivity index (χ4n) is 4.12. The summed E-state index contributed by atoms with van der Waals surface area (Å²) >= 11 is 0. The number of aliphatic imine (C=N–C) groups is 1. The summed E-state index contributed by atoms with van der Waals surface area (Å²) in [5, 5.41) is 2.86. The van der Waals surface area contributed by atoms with Crippen LogP contribution in [0, 0.1) is 5.92 Å². The predicted octanol–water partition coefficient (Wildman–Crippen LogP) is 4.90. The van der Waals surface area contributed by atoms with E-state index in [2.05, 4.69) is 10.3 Å². The third-order valence-corrected chi connectivity index (χ3v) is 5.98. The number of hydrogen-bond donors (Lipinski definition) is 1. The lowest BCUT2D eigenvalue weighted by Crippen LogP contribution is -2.45. The first kappa shape index (κ1) is 24.0. The van der Waals surface area contributed by atoms with Crippen LogP contribution in [0.1, 0.15) is 29.2 Å². The van der Waals surface area contributed by atoms with Gasteiger partial charge in [-0.05, 0) is 53.8 Å². The molecule has 1 N–H and O–H groups in total. The molecular weight excluding hydrogens is 444 g/mol. The number of aryl methyl sites for hydroxylation is 1. The molecule has 2 unspecified atom stereocenters. The Labute approximate surface area is 204 Å². The number of esters is 1. The molecule has 3 aromatic carbocycles. The second-order valence-corrected chi connectivity index (χ2v) is 8.23. The Hall–Kier alpha value is -4.13. The summed E-state index contributed by atoms with van der Waals surface area (Å²) in [6.45, 7) is 0.140. The maximum atomic E-state index is 13.4. The van der Waals surface area contributed by atoms with Gasteiger partial charge in [0.1, 0.15) is 24.0 Å². The van der Waals surface area contributed by atoms with Crippen molar-refractivity contribution in [3.05, 3.63) is 95.6 Å². The molecule has 3 aromatic rings. The number of nitrogens with zero attached hydrogens (tertiary/aromatic N) is 1. The number of methoxy groups -OCH3 is 2. The van der Waals surface area contributed by atoms with Gasteiger partial charge in [-0.15, -0.1) is 0 Å². The molecule has 1 aliphatic rings. The van der Waals surface area contributed by atoms with Crippen molar-refractivity contribution < 1.29 is 23.8 Å². The molecular formula is C28H28N2O5. The van der Waals surface area contributed by atoms with Crippen molar-refractivity contribution in [2.45, 2.75) is 25.5 Å². The minimum atomic E-state index is -0.762. The molecule has 0 fully saturated rings. The molecule has 0 saturated heterocycles. The van der Waals surface area contributed by atoms with Gasteiger partial charge in [-0.3, -0.25) is 4.79 Å². The monoisotopic (exact) mass is 472 g/mol. The van der Waals surface area contributed by atoms with E-state index >= 15 is 0 Å². The Morgan fingerprint density at radius 3 is 2.31 bits per heavy atom. The van der Waals surface area contributed by atoms with Gasteiger partial charge in [0, 0.05) is 5.71 Å². The molecule has 0 spiro atoms. The molecule has 0 aromatic heterocycles. The quantitative estimate of drug-likeness (QED) is 0.448. The van der Waals surface area contributed by atoms with Crippen molar-refractivity contribution in [3.63, 3.8) is 0 Å². The third-order valence-electron chi connectivity index (χ3n) is 5.98. The first-order chi connectivity index (χ1) is 17.1. The van der Waals surface area contributed by atoms with E-state index in [0.717, 1.165) is 22.4 Å². The van der Waals surface area contributed by atoms with Crippen molar-refractivity contribution in [2.24, 2.45) is 10.9 Å². The van der Waals surface area contributed by atoms with Gasteiger partial charge < -0.3 is 19.5 Å². The summed E-state index contributed by atoms with van der Waals surface area (Å²) in [5.74, 6) is 0.205. The molecule has 7 nitrogen and oxygen atoms in total. The number of amides is 2. The molecule has 1 aliphatic heterocycles. The second kappa shape index (κ2) is 11.3. The minimum Gasteiger partial charge on any atom is -0.497 e. The Bertz CT molecular complexity index is 1190. The Balaban J connectivity index is 1.60. The summed E-state index contributed by atoms with van der Waals surface area (Å²) in [6, 6.07) is 23.4. The molecule has 0 bridgehead atoms. The van der Waals surface area contributed by atoms with Gasteiger partial charge >= 0.3 is 12.0 Å². The SMILES string of the molecule is COc1ccc(CCC2=NC(=O)NC(c3cccc(OC)c3)C2C(=O)OCc2ccccc2)cc1. The summed E-state index contributed by atoms with van der Waals surface area (Å²) in [6.07, 6.45) is 1.05. The van der Waals surface area contributed by atoms with Gasteiger partial charge in [0.15, 0.2) is 0 Å². The van der Waals surface area contributed by atoms with Crippen LogP contribution in [-0.4, -0.2) is 31.9 Å². The number of benzene rings is 3. The molecule has 2 amide bonds. The van der Waals surface area contributed by atoms with Crippen molar-refractivity contribution in [2.75, 3.05) is 14.2 Å². The topological polar surface area (TPSA) is 86.2 Å². The van der Waals surface area contributed by atoms with E-state index in [9.17, 15) is 9.59 Å². The van der Waals surface area contributed by atoms with Crippen molar-refractivity contribution in [1.29, 1.82) is 0 Å². The first-order valence-electron chi connectivity index (χ1n) is 11.4. The van der Waals surface area contributed by atoms with Gasteiger partial charge in [0.05, 0.1) is 20.3 Å². The molecule has 7 heteroatoms. The van der Waals surface area contributed by atoms with Gasteiger partial charge in [-0.25, -0.2) is 9.79 Å². The van der Waals surface area contributed by atoms with Crippen molar-refractivity contribution >= 4 is 17.7 Å². The number of urea groups is 1. The van der Waals surface area contributed by atoms with Crippen LogP contribution in [0.3, 0.4) is 0 Å². The van der Waals surface area contributed by atoms with Gasteiger partial charge in [-0.1, -0.05) is 54.6 Å². The molecule has 0 aliphatic carbocycles. The van der Waals surface area contributed by atoms with Crippen LogP contribution in [0.15, 0.2) is 83.9 Å². The number of carbonyl (C=O) groups is 2. The van der Waals surface area contributed by atoms with Gasteiger partial charge in [0.2, 0.25) is 0 Å². The maximum Gasteiger partial charge on any atom is 0.341 e. The molecule has 0 saturated carbocycles. The van der Waals surface area contributed by atoms with Gasteiger partial charge in [0.25, 0.3) is 0 Å². The van der Waals surface area contributed by atoms with Crippen LogP contribution in [0.25, 0.3) is 0 Å².